The molecule has 0 aliphatic carbocycles. The van der Waals surface area contributed by atoms with E-state index in [1.807, 2.05) is 13.0 Å². The van der Waals surface area contributed by atoms with E-state index in [0.717, 1.165) is 28.8 Å². The van der Waals surface area contributed by atoms with Crippen LogP contribution in [0.4, 0.5) is 0 Å². The maximum absolute atomic E-state index is 4.53. The lowest BCUT2D eigenvalue weighted by atomic mass is 10.1. The zero-order valence-electron chi connectivity index (χ0n) is 11.9. The van der Waals surface area contributed by atoms with Gasteiger partial charge in [-0.25, -0.2) is 0 Å². The number of fused-ring (bicyclic) bond motifs is 1. The smallest absolute Gasteiger partial charge is 0.0705 e. The van der Waals surface area contributed by atoms with Gasteiger partial charge < -0.3 is 5.32 Å². The fraction of sp³-hybridized carbons (Fsp3) is 0.167. The Hall–Kier alpha value is -1.71. The summed E-state index contributed by atoms with van der Waals surface area (Å²) in [6.07, 6.45) is 0. The van der Waals surface area contributed by atoms with E-state index in [9.17, 15) is 0 Å². The molecule has 3 aromatic rings. The summed E-state index contributed by atoms with van der Waals surface area (Å²) in [7, 11) is 0. The zero-order valence-corrected chi connectivity index (χ0v) is 13.5. The molecule has 3 heteroatoms. The number of aromatic nitrogens is 1. The molecule has 0 atom stereocenters. The quantitative estimate of drug-likeness (QED) is 0.750. The first-order chi connectivity index (χ1) is 10.2. The molecule has 2 nitrogen and oxygen atoms in total. The third kappa shape index (κ3) is 3.49. The molecule has 0 saturated heterocycles. The SMILES string of the molecule is Cc1ccc2cc(CNCc3ccccc3Br)ccc2n1. The average Bonchev–Trinajstić information content (AvgIpc) is 2.49. The van der Waals surface area contributed by atoms with Crippen LogP contribution in [0.3, 0.4) is 0 Å². The lowest BCUT2D eigenvalue weighted by molar-refractivity contribution is 0.692. The van der Waals surface area contributed by atoms with Crippen molar-refractivity contribution in [2.75, 3.05) is 0 Å². The molecule has 0 fully saturated rings. The average molecular weight is 341 g/mol. The minimum Gasteiger partial charge on any atom is -0.309 e. The van der Waals surface area contributed by atoms with E-state index in [-0.39, 0.29) is 0 Å². The lowest BCUT2D eigenvalue weighted by Gasteiger charge is -2.08. The summed E-state index contributed by atoms with van der Waals surface area (Å²) >= 11 is 3.57. The molecule has 2 aromatic carbocycles. The molecule has 0 unspecified atom stereocenters. The molecule has 1 heterocycles. The van der Waals surface area contributed by atoms with E-state index >= 15 is 0 Å². The standard InChI is InChI=1S/C18H17BrN2/c1-13-6-8-15-10-14(7-9-18(15)21-13)11-20-12-16-4-2-3-5-17(16)19/h2-10,20H,11-12H2,1H3. The summed E-state index contributed by atoms with van der Waals surface area (Å²) in [6.45, 7) is 3.73. The highest BCUT2D eigenvalue weighted by Gasteiger charge is 2.00. The second-order valence-electron chi connectivity index (χ2n) is 5.17. The summed E-state index contributed by atoms with van der Waals surface area (Å²) in [5.41, 5.74) is 4.67. The molecule has 3 rings (SSSR count). The van der Waals surface area contributed by atoms with E-state index < -0.39 is 0 Å². The van der Waals surface area contributed by atoms with Crippen LogP contribution >= 0.6 is 15.9 Å². The maximum Gasteiger partial charge on any atom is 0.0705 e. The Morgan fingerprint density at radius 2 is 1.86 bits per heavy atom. The molecule has 0 saturated carbocycles. The number of pyridine rings is 1. The summed E-state index contributed by atoms with van der Waals surface area (Å²) in [5, 5.41) is 4.68. The molecule has 1 aromatic heterocycles. The predicted octanol–water partition coefficient (Wildman–Crippen LogP) is 4.60. The van der Waals surface area contributed by atoms with Gasteiger partial charge in [-0.05, 0) is 42.3 Å². The molecule has 0 radical (unpaired) electrons. The Morgan fingerprint density at radius 1 is 1.00 bits per heavy atom. The van der Waals surface area contributed by atoms with Gasteiger partial charge in [0.15, 0.2) is 0 Å². The van der Waals surface area contributed by atoms with Crippen molar-refractivity contribution in [3.63, 3.8) is 0 Å². The molecular formula is C18H17BrN2. The third-order valence-corrected chi connectivity index (χ3v) is 4.27. The Morgan fingerprint density at radius 3 is 2.71 bits per heavy atom. The first kappa shape index (κ1) is 14.2. The molecule has 0 aliphatic heterocycles. The number of rotatable bonds is 4. The zero-order chi connectivity index (χ0) is 14.7. The maximum atomic E-state index is 4.53. The topological polar surface area (TPSA) is 24.9 Å². The van der Waals surface area contributed by atoms with Crippen LogP contribution in [0.1, 0.15) is 16.8 Å². The largest absolute Gasteiger partial charge is 0.309 e. The molecule has 106 valence electrons. The van der Waals surface area contributed by atoms with Crippen LogP contribution in [-0.2, 0) is 13.1 Å². The van der Waals surface area contributed by atoms with Crippen molar-refractivity contribution in [1.82, 2.24) is 10.3 Å². The Labute approximate surface area is 133 Å². The van der Waals surface area contributed by atoms with Gasteiger partial charge in [-0.15, -0.1) is 0 Å². The normalized spacial score (nSPS) is 11.0. The summed E-state index contributed by atoms with van der Waals surface area (Å²) < 4.78 is 1.15. The summed E-state index contributed by atoms with van der Waals surface area (Å²) in [4.78, 5) is 4.53. The van der Waals surface area contributed by atoms with Gasteiger partial charge in [-0.1, -0.05) is 46.3 Å². The second kappa shape index (κ2) is 6.37. The van der Waals surface area contributed by atoms with Gasteiger partial charge in [-0.2, -0.15) is 0 Å². The van der Waals surface area contributed by atoms with Crippen LogP contribution in [-0.4, -0.2) is 4.98 Å². The third-order valence-electron chi connectivity index (χ3n) is 3.50. The van der Waals surface area contributed by atoms with Crippen molar-refractivity contribution in [3.05, 3.63) is 75.9 Å². The molecule has 1 N–H and O–H groups in total. The van der Waals surface area contributed by atoms with E-state index in [1.165, 1.54) is 16.5 Å². The molecule has 0 bridgehead atoms. The first-order valence-electron chi connectivity index (χ1n) is 7.03. The van der Waals surface area contributed by atoms with Crippen LogP contribution in [0.5, 0.6) is 0 Å². The number of halogens is 1. The molecular weight excluding hydrogens is 324 g/mol. The highest BCUT2D eigenvalue weighted by atomic mass is 79.9. The van der Waals surface area contributed by atoms with Gasteiger partial charge in [0, 0.05) is 28.6 Å². The van der Waals surface area contributed by atoms with Crippen LogP contribution in [0.25, 0.3) is 10.9 Å². The van der Waals surface area contributed by atoms with Gasteiger partial charge >= 0.3 is 0 Å². The highest BCUT2D eigenvalue weighted by molar-refractivity contribution is 9.10. The number of hydrogen-bond donors (Lipinski definition) is 1. The number of nitrogens with one attached hydrogen (secondary N) is 1. The van der Waals surface area contributed by atoms with E-state index in [0.29, 0.717) is 0 Å². The van der Waals surface area contributed by atoms with Gasteiger partial charge in [0.05, 0.1) is 5.52 Å². The van der Waals surface area contributed by atoms with Crippen molar-refractivity contribution in [2.45, 2.75) is 20.0 Å². The van der Waals surface area contributed by atoms with Crippen LogP contribution in [0, 0.1) is 6.92 Å². The predicted molar refractivity (Wildman–Crippen MR) is 91.2 cm³/mol. The molecule has 21 heavy (non-hydrogen) atoms. The van der Waals surface area contributed by atoms with E-state index in [1.54, 1.807) is 0 Å². The lowest BCUT2D eigenvalue weighted by Crippen LogP contribution is -2.12. The fourth-order valence-corrected chi connectivity index (χ4v) is 2.80. The Bertz CT molecular complexity index is 768. The van der Waals surface area contributed by atoms with Crippen molar-refractivity contribution < 1.29 is 0 Å². The molecule has 0 aliphatic rings. The van der Waals surface area contributed by atoms with E-state index in [2.05, 4.69) is 74.8 Å². The van der Waals surface area contributed by atoms with Crippen LogP contribution < -0.4 is 5.32 Å². The van der Waals surface area contributed by atoms with Crippen molar-refractivity contribution in [3.8, 4) is 0 Å². The van der Waals surface area contributed by atoms with Crippen molar-refractivity contribution in [2.24, 2.45) is 0 Å². The van der Waals surface area contributed by atoms with E-state index in [4.69, 9.17) is 0 Å². The fourth-order valence-electron chi connectivity index (χ4n) is 2.37. The number of hydrogen-bond acceptors (Lipinski definition) is 2. The first-order valence-corrected chi connectivity index (χ1v) is 7.82. The van der Waals surface area contributed by atoms with Gasteiger partial charge in [0.25, 0.3) is 0 Å². The van der Waals surface area contributed by atoms with Crippen LogP contribution in [0.2, 0.25) is 0 Å². The number of benzene rings is 2. The summed E-state index contributed by atoms with van der Waals surface area (Å²) in [6, 6.07) is 18.9. The highest BCUT2D eigenvalue weighted by Crippen LogP contribution is 2.17. The molecule has 0 spiro atoms. The number of nitrogens with zero attached hydrogens (tertiary/aromatic N) is 1. The van der Waals surface area contributed by atoms with Gasteiger partial charge in [0.2, 0.25) is 0 Å². The summed E-state index contributed by atoms with van der Waals surface area (Å²) in [5.74, 6) is 0. The van der Waals surface area contributed by atoms with Crippen molar-refractivity contribution >= 4 is 26.8 Å². The van der Waals surface area contributed by atoms with Crippen molar-refractivity contribution in [1.29, 1.82) is 0 Å². The minimum absolute atomic E-state index is 0.852. The Kier molecular flexibility index (Phi) is 4.32. The molecule has 0 amide bonds. The van der Waals surface area contributed by atoms with Gasteiger partial charge in [0.1, 0.15) is 0 Å². The van der Waals surface area contributed by atoms with Crippen LogP contribution in [0.15, 0.2) is 59.1 Å². The Balaban J connectivity index is 1.68. The minimum atomic E-state index is 0.852. The van der Waals surface area contributed by atoms with Gasteiger partial charge in [-0.3, -0.25) is 4.98 Å². The monoisotopic (exact) mass is 340 g/mol. The number of aryl methyl sites for hydroxylation is 1. The second-order valence-corrected chi connectivity index (χ2v) is 6.03.